The molecule has 0 saturated heterocycles. The third-order valence-corrected chi connectivity index (χ3v) is 2.29. The molecule has 0 aliphatic heterocycles. The van der Waals surface area contributed by atoms with Gasteiger partial charge in [-0.2, -0.15) is 0 Å². The second-order valence-electron chi connectivity index (χ2n) is 3.47. The minimum Gasteiger partial charge on any atom is -0.496 e. The van der Waals surface area contributed by atoms with E-state index >= 15 is 0 Å². The van der Waals surface area contributed by atoms with Crippen LogP contribution < -0.4 is 19.9 Å². The molecule has 0 aliphatic rings. The van der Waals surface area contributed by atoms with E-state index in [0.29, 0.717) is 23.7 Å². The largest absolute Gasteiger partial charge is 0.496 e. The first-order valence-electron chi connectivity index (χ1n) is 5.29. The SMILES string of the molecule is CCC(Oc1cc(OC)cc(OC)c1)C(N)=O. The van der Waals surface area contributed by atoms with Gasteiger partial charge in [0.25, 0.3) is 5.91 Å². The first-order valence-corrected chi connectivity index (χ1v) is 5.29. The summed E-state index contributed by atoms with van der Waals surface area (Å²) >= 11 is 0. The van der Waals surface area contributed by atoms with E-state index in [2.05, 4.69) is 0 Å². The van der Waals surface area contributed by atoms with Crippen LogP contribution in [0, 0.1) is 0 Å². The van der Waals surface area contributed by atoms with E-state index in [1.54, 1.807) is 32.4 Å². The van der Waals surface area contributed by atoms with E-state index in [9.17, 15) is 4.79 Å². The molecule has 1 atom stereocenters. The van der Waals surface area contributed by atoms with Crippen molar-refractivity contribution in [3.8, 4) is 17.2 Å². The second-order valence-corrected chi connectivity index (χ2v) is 3.47. The Kier molecular flexibility index (Phi) is 4.63. The summed E-state index contributed by atoms with van der Waals surface area (Å²) in [4.78, 5) is 11.1. The van der Waals surface area contributed by atoms with Crippen molar-refractivity contribution in [2.45, 2.75) is 19.4 Å². The fourth-order valence-electron chi connectivity index (χ4n) is 1.36. The third-order valence-electron chi connectivity index (χ3n) is 2.29. The summed E-state index contributed by atoms with van der Waals surface area (Å²) in [5, 5.41) is 0. The van der Waals surface area contributed by atoms with Crippen LogP contribution in [-0.4, -0.2) is 26.2 Å². The predicted octanol–water partition coefficient (Wildman–Crippen LogP) is 1.35. The predicted molar refractivity (Wildman–Crippen MR) is 63.4 cm³/mol. The van der Waals surface area contributed by atoms with Crippen molar-refractivity contribution in [3.05, 3.63) is 18.2 Å². The van der Waals surface area contributed by atoms with E-state index in [1.807, 2.05) is 6.92 Å². The van der Waals surface area contributed by atoms with Crippen molar-refractivity contribution in [2.24, 2.45) is 5.73 Å². The van der Waals surface area contributed by atoms with Crippen LogP contribution in [0.2, 0.25) is 0 Å². The van der Waals surface area contributed by atoms with Crippen molar-refractivity contribution in [1.82, 2.24) is 0 Å². The van der Waals surface area contributed by atoms with Crippen molar-refractivity contribution in [3.63, 3.8) is 0 Å². The van der Waals surface area contributed by atoms with E-state index in [0.717, 1.165) is 0 Å². The van der Waals surface area contributed by atoms with Crippen LogP contribution in [-0.2, 0) is 4.79 Å². The zero-order valence-corrected chi connectivity index (χ0v) is 10.2. The Morgan fingerprint density at radius 3 is 2.00 bits per heavy atom. The van der Waals surface area contributed by atoms with Gasteiger partial charge in [-0.05, 0) is 6.42 Å². The molecule has 0 bridgehead atoms. The molecular weight excluding hydrogens is 222 g/mol. The highest BCUT2D eigenvalue weighted by molar-refractivity contribution is 5.79. The summed E-state index contributed by atoms with van der Waals surface area (Å²) in [5.41, 5.74) is 5.21. The minimum absolute atomic E-state index is 0.491. The summed E-state index contributed by atoms with van der Waals surface area (Å²) in [5.74, 6) is 1.19. The van der Waals surface area contributed by atoms with Gasteiger partial charge < -0.3 is 19.9 Å². The van der Waals surface area contributed by atoms with Gasteiger partial charge in [0, 0.05) is 18.2 Å². The molecule has 0 saturated carbocycles. The highest BCUT2D eigenvalue weighted by Crippen LogP contribution is 2.28. The van der Waals surface area contributed by atoms with E-state index in [-0.39, 0.29) is 0 Å². The summed E-state index contributed by atoms with van der Waals surface area (Å²) in [6.07, 6.45) is -0.138. The lowest BCUT2D eigenvalue weighted by Crippen LogP contribution is -2.32. The van der Waals surface area contributed by atoms with Crippen molar-refractivity contribution in [1.29, 1.82) is 0 Å². The number of nitrogens with two attached hydrogens (primary N) is 1. The summed E-state index contributed by atoms with van der Waals surface area (Å²) in [6.45, 7) is 1.83. The van der Waals surface area contributed by atoms with Gasteiger partial charge in [0.05, 0.1) is 14.2 Å². The smallest absolute Gasteiger partial charge is 0.258 e. The maximum atomic E-state index is 11.1. The molecule has 0 aliphatic carbocycles. The Labute approximate surface area is 100 Å². The lowest BCUT2D eigenvalue weighted by Gasteiger charge is -2.15. The molecule has 0 heterocycles. The van der Waals surface area contributed by atoms with Crippen LogP contribution >= 0.6 is 0 Å². The molecule has 1 aromatic rings. The van der Waals surface area contributed by atoms with Gasteiger partial charge in [-0.15, -0.1) is 0 Å². The number of rotatable bonds is 6. The first kappa shape index (κ1) is 13.2. The van der Waals surface area contributed by atoms with Gasteiger partial charge in [-0.1, -0.05) is 6.92 Å². The molecule has 1 aromatic carbocycles. The molecule has 0 fully saturated rings. The summed E-state index contributed by atoms with van der Waals surface area (Å²) < 4.78 is 15.7. The average Bonchev–Trinajstić information content (AvgIpc) is 2.34. The van der Waals surface area contributed by atoms with Crippen LogP contribution in [0.5, 0.6) is 17.2 Å². The highest BCUT2D eigenvalue weighted by atomic mass is 16.5. The Morgan fingerprint density at radius 2 is 1.65 bits per heavy atom. The van der Waals surface area contributed by atoms with E-state index < -0.39 is 12.0 Å². The zero-order valence-electron chi connectivity index (χ0n) is 10.2. The number of hydrogen-bond acceptors (Lipinski definition) is 4. The number of benzene rings is 1. The fraction of sp³-hybridized carbons (Fsp3) is 0.417. The number of methoxy groups -OCH3 is 2. The minimum atomic E-state index is -0.646. The number of ether oxygens (including phenoxy) is 3. The Bertz CT molecular complexity index is 370. The van der Waals surface area contributed by atoms with Gasteiger partial charge in [-0.25, -0.2) is 0 Å². The van der Waals surface area contributed by atoms with Gasteiger partial charge in [-0.3, -0.25) is 4.79 Å². The number of primary amides is 1. The number of hydrogen-bond donors (Lipinski definition) is 1. The lowest BCUT2D eigenvalue weighted by molar-refractivity contribution is -0.124. The van der Waals surface area contributed by atoms with Gasteiger partial charge >= 0.3 is 0 Å². The van der Waals surface area contributed by atoms with Gasteiger partial charge in [0.2, 0.25) is 0 Å². The monoisotopic (exact) mass is 239 g/mol. The maximum absolute atomic E-state index is 11.1. The summed E-state index contributed by atoms with van der Waals surface area (Å²) in [7, 11) is 3.09. The molecule has 5 heteroatoms. The Morgan fingerprint density at radius 1 is 1.18 bits per heavy atom. The van der Waals surface area contributed by atoms with Crippen LogP contribution in [0.4, 0.5) is 0 Å². The van der Waals surface area contributed by atoms with Crippen molar-refractivity contribution >= 4 is 5.91 Å². The molecule has 17 heavy (non-hydrogen) atoms. The average molecular weight is 239 g/mol. The molecule has 1 rings (SSSR count). The topological polar surface area (TPSA) is 70.8 Å². The Balaban J connectivity index is 2.92. The lowest BCUT2D eigenvalue weighted by atomic mass is 10.2. The number of carbonyl (C=O) groups excluding carboxylic acids is 1. The van der Waals surface area contributed by atoms with Gasteiger partial charge in [0.15, 0.2) is 6.10 Å². The number of amides is 1. The molecular formula is C12H17NO4. The third kappa shape index (κ3) is 3.55. The van der Waals surface area contributed by atoms with Crippen LogP contribution in [0.25, 0.3) is 0 Å². The van der Waals surface area contributed by atoms with Crippen molar-refractivity contribution < 1.29 is 19.0 Å². The first-order chi connectivity index (χ1) is 8.10. The molecule has 0 radical (unpaired) electrons. The van der Waals surface area contributed by atoms with Crippen molar-refractivity contribution in [2.75, 3.05) is 14.2 Å². The molecule has 0 aromatic heterocycles. The molecule has 0 spiro atoms. The van der Waals surface area contributed by atoms with Crippen LogP contribution in [0.1, 0.15) is 13.3 Å². The van der Waals surface area contributed by atoms with E-state index in [4.69, 9.17) is 19.9 Å². The fourth-order valence-corrected chi connectivity index (χ4v) is 1.36. The normalized spacial score (nSPS) is 11.7. The zero-order chi connectivity index (χ0) is 12.8. The van der Waals surface area contributed by atoms with E-state index in [1.165, 1.54) is 0 Å². The number of carbonyl (C=O) groups is 1. The molecule has 1 unspecified atom stereocenters. The molecule has 94 valence electrons. The molecule has 5 nitrogen and oxygen atoms in total. The highest BCUT2D eigenvalue weighted by Gasteiger charge is 2.15. The van der Waals surface area contributed by atoms with Crippen LogP contribution in [0.15, 0.2) is 18.2 Å². The molecule has 1 amide bonds. The summed E-state index contributed by atoms with van der Waals surface area (Å²) in [6, 6.07) is 5.07. The van der Waals surface area contributed by atoms with Crippen LogP contribution in [0.3, 0.4) is 0 Å². The Hall–Kier alpha value is -1.91. The van der Waals surface area contributed by atoms with Gasteiger partial charge in [0.1, 0.15) is 17.2 Å². The maximum Gasteiger partial charge on any atom is 0.258 e. The second kappa shape index (κ2) is 5.98. The quantitative estimate of drug-likeness (QED) is 0.813. The molecule has 2 N–H and O–H groups in total. The standard InChI is InChI=1S/C12H17NO4/c1-4-11(12(13)14)17-10-6-8(15-2)5-9(7-10)16-3/h5-7,11H,4H2,1-3H3,(H2,13,14).